The Morgan fingerprint density at radius 2 is 1.84 bits per heavy atom. The molecule has 2 atom stereocenters. The van der Waals surface area contributed by atoms with Crippen LogP contribution in [0.15, 0.2) is 91.0 Å². The van der Waals surface area contributed by atoms with E-state index in [1.807, 2.05) is 60.7 Å². The summed E-state index contributed by atoms with van der Waals surface area (Å²) < 4.78 is 11.9. The largest absolute Gasteiger partial charge is 0.459 e. The van der Waals surface area contributed by atoms with E-state index in [1.165, 1.54) is 0 Å². The predicted octanol–water partition coefficient (Wildman–Crippen LogP) is 4.14. The number of aromatic nitrogens is 1. The van der Waals surface area contributed by atoms with Crippen LogP contribution in [-0.4, -0.2) is 22.3 Å². The van der Waals surface area contributed by atoms with E-state index in [0.717, 1.165) is 16.7 Å². The highest BCUT2D eigenvalue weighted by molar-refractivity contribution is 6.02. The van der Waals surface area contributed by atoms with Crippen molar-refractivity contribution in [2.75, 3.05) is 5.32 Å². The minimum absolute atomic E-state index is 0.00578. The van der Waals surface area contributed by atoms with Crippen molar-refractivity contribution >= 4 is 11.6 Å². The second-order valence-corrected chi connectivity index (χ2v) is 7.31. The molecule has 6 nitrogen and oxygen atoms in total. The third-order valence-electron chi connectivity index (χ3n) is 5.07. The molecule has 2 N–H and O–H groups in total. The van der Waals surface area contributed by atoms with Crippen molar-refractivity contribution in [1.82, 2.24) is 4.98 Å². The fraction of sp³-hybridized carbons (Fsp3) is 0.200. The summed E-state index contributed by atoms with van der Waals surface area (Å²) in [7, 11) is 0. The zero-order valence-corrected chi connectivity index (χ0v) is 17.0. The van der Waals surface area contributed by atoms with Gasteiger partial charge < -0.3 is 19.9 Å². The number of nitrogens with zero attached hydrogens (tertiary/aromatic N) is 1. The van der Waals surface area contributed by atoms with Crippen molar-refractivity contribution in [1.29, 1.82) is 0 Å². The summed E-state index contributed by atoms with van der Waals surface area (Å²) >= 11 is 0. The summed E-state index contributed by atoms with van der Waals surface area (Å²) in [5.74, 6) is -0.120. The zero-order valence-electron chi connectivity index (χ0n) is 17.0. The minimum atomic E-state index is -0.567. The van der Waals surface area contributed by atoms with Gasteiger partial charge in [0.2, 0.25) is 6.29 Å². The SMILES string of the molecule is O=C(Nc1cccnc1)C1=C[C@@H](c2ccccc2)C[C@@H](OCc2ccc(CO)cc2)O1. The third-order valence-corrected chi connectivity index (χ3v) is 5.07. The van der Waals surface area contributed by atoms with E-state index in [2.05, 4.69) is 10.3 Å². The van der Waals surface area contributed by atoms with Gasteiger partial charge in [-0.25, -0.2) is 0 Å². The number of benzene rings is 2. The van der Waals surface area contributed by atoms with Crippen LogP contribution < -0.4 is 5.32 Å². The highest BCUT2D eigenvalue weighted by atomic mass is 16.7. The lowest BCUT2D eigenvalue weighted by molar-refractivity contribution is -0.147. The predicted molar refractivity (Wildman–Crippen MR) is 117 cm³/mol. The van der Waals surface area contributed by atoms with Crippen LogP contribution in [0.3, 0.4) is 0 Å². The molecule has 1 aliphatic heterocycles. The van der Waals surface area contributed by atoms with Crippen LogP contribution in [0.2, 0.25) is 0 Å². The highest BCUT2D eigenvalue weighted by Gasteiger charge is 2.29. The van der Waals surface area contributed by atoms with Gasteiger partial charge in [-0.1, -0.05) is 54.6 Å². The van der Waals surface area contributed by atoms with Gasteiger partial charge in [0.05, 0.1) is 25.1 Å². The first-order chi connectivity index (χ1) is 15.2. The van der Waals surface area contributed by atoms with E-state index in [4.69, 9.17) is 9.47 Å². The molecule has 4 rings (SSSR count). The second-order valence-electron chi connectivity index (χ2n) is 7.31. The molecule has 1 aliphatic rings. The average Bonchev–Trinajstić information content (AvgIpc) is 2.84. The Labute approximate surface area is 181 Å². The monoisotopic (exact) mass is 416 g/mol. The normalized spacial score (nSPS) is 18.0. The molecule has 31 heavy (non-hydrogen) atoms. The Balaban J connectivity index is 1.49. The molecule has 2 heterocycles. The Kier molecular flexibility index (Phi) is 6.72. The van der Waals surface area contributed by atoms with Gasteiger partial charge in [0.15, 0.2) is 5.76 Å². The number of ether oxygens (including phenoxy) is 2. The molecular formula is C25H24N2O4. The van der Waals surface area contributed by atoms with Crippen molar-refractivity contribution in [2.24, 2.45) is 0 Å². The van der Waals surface area contributed by atoms with Gasteiger partial charge >= 0.3 is 0 Å². The van der Waals surface area contributed by atoms with Crippen LogP contribution in [0, 0.1) is 0 Å². The number of hydrogen-bond donors (Lipinski definition) is 2. The van der Waals surface area contributed by atoms with Crippen LogP contribution >= 0.6 is 0 Å². The van der Waals surface area contributed by atoms with Crippen molar-refractivity contribution in [2.45, 2.75) is 31.8 Å². The lowest BCUT2D eigenvalue weighted by Gasteiger charge is -2.29. The summed E-state index contributed by atoms with van der Waals surface area (Å²) in [6, 6.07) is 21.1. The molecule has 1 aromatic heterocycles. The number of carbonyl (C=O) groups excluding carboxylic acids is 1. The number of aliphatic hydroxyl groups is 1. The quantitative estimate of drug-likeness (QED) is 0.605. The van der Waals surface area contributed by atoms with E-state index in [0.29, 0.717) is 18.7 Å². The Morgan fingerprint density at radius 1 is 1.06 bits per heavy atom. The van der Waals surface area contributed by atoms with Crippen molar-refractivity contribution in [3.8, 4) is 0 Å². The first-order valence-corrected chi connectivity index (χ1v) is 10.2. The van der Waals surface area contributed by atoms with Crippen molar-refractivity contribution in [3.05, 3.63) is 108 Å². The number of amides is 1. The maximum Gasteiger partial charge on any atom is 0.290 e. The first-order valence-electron chi connectivity index (χ1n) is 10.2. The number of anilines is 1. The molecule has 0 bridgehead atoms. The lowest BCUT2D eigenvalue weighted by Crippen LogP contribution is -2.29. The third kappa shape index (κ3) is 5.57. The Hall–Kier alpha value is -3.48. The lowest BCUT2D eigenvalue weighted by atomic mass is 9.93. The van der Waals surface area contributed by atoms with Crippen molar-refractivity contribution < 1.29 is 19.4 Å². The van der Waals surface area contributed by atoms with Gasteiger partial charge in [-0.2, -0.15) is 0 Å². The van der Waals surface area contributed by atoms with Gasteiger partial charge in [0.1, 0.15) is 0 Å². The summed E-state index contributed by atoms with van der Waals surface area (Å²) in [4.78, 5) is 16.8. The van der Waals surface area contributed by atoms with Gasteiger partial charge in [0, 0.05) is 18.5 Å². The number of nitrogens with one attached hydrogen (secondary N) is 1. The van der Waals surface area contributed by atoms with Gasteiger partial charge in [-0.15, -0.1) is 0 Å². The molecule has 0 saturated carbocycles. The summed E-state index contributed by atoms with van der Waals surface area (Å²) in [5.41, 5.74) is 3.51. The maximum absolute atomic E-state index is 12.8. The summed E-state index contributed by atoms with van der Waals surface area (Å²) in [6.45, 7) is 0.348. The average molecular weight is 416 g/mol. The zero-order chi connectivity index (χ0) is 21.5. The molecule has 1 amide bonds. The standard InChI is InChI=1S/C25H24N2O4/c28-16-18-8-10-19(11-9-18)17-30-24-14-21(20-5-2-1-3-6-20)13-23(31-24)25(29)27-22-7-4-12-26-15-22/h1-13,15,21,24,28H,14,16-17H2,(H,27,29)/t21-,24+/m1/s1. The number of aliphatic hydroxyl groups excluding tert-OH is 1. The fourth-order valence-corrected chi connectivity index (χ4v) is 3.41. The summed E-state index contributed by atoms with van der Waals surface area (Å²) in [6.07, 6.45) is 5.11. The van der Waals surface area contributed by atoms with Crippen LogP contribution in [0.4, 0.5) is 5.69 Å². The Bertz CT molecular complexity index is 1020. The number of hydrogen-bond acceptors (Lipinski definition) is 5. The second kappa shape index (κ2) is 10.0. The van der Waals surface area contributed by atoms with E-state index in [-0.39, 0.29) is 24.2 Å². The fourth-order valence-electron chi connectivity index (χ4n) is 3.41. The highest BCUT2D eigenvalue weighted by Crippen LogP contribution is 2.32. The molecule has 0 radical (unpaired) electrons. The molecule has 0 saturated heterocycles. The molecule has 0 fully saturated rings. The number of carbonyl (C=O) groups is 1. The first kappa shape index (κ1) is 20.8. The van der Waals surface area contributed by atoms with E-state index < -0.39 is 6.29 Å². The maximum atomic E-state index is 12.8. The number of allylic oxidation sites excluding steroid dienone is 1. The van der Waals surface area contributed by atoms with Crippen LogP contribution in [0.1, 0.15) is 29.0 Å². The molecule has 0 aliphatic carbocycles. The van der Waals surface area contributed by atoms with Crippen LogP contribution in [0.25, 0.3) is 0 Å². The van der Waals surface area contributed by atoms with Crippen LogP contribution in [0.5, 0.6) is 0 Å². The van der Waals surface area contributed by atoms with Crippen LogP contribution in [-0.2, 0) is 27.5 Å². The van der Waals surface area contributed by atoms with Crippen molar-refractivity contribution in [3.63, 3.8) is 0 Å². The minimum Gasteiger partial charge on any atom is -0.459 e. The number of rotatable bonds is 7. The van der Waals surface area contributed by atoms with E-state index >= 15 is 0 Å². The van der Waals surface area contributed by atoms with Gasteiger partial charge in [-0.3, -0.25) is 9.78 Å². The molecule has 158 valence electrons. The van der Waals surface area contributed by atoms with Gasteiger partial charge in [0.25, 0.3) is 5.91 Å². The molecular weight excluding hydrogens is 392 g/mol. The smallest absolute Gasteiger partial charge is 0.290 e. The van der Waals surface area contributed by atoms with Gasteiger partial charge in [-0.05, 0) is 34.9 Å². The number of pyridine rings is 1. The van der Waals surface area contributed by atoms with E-state index in [9.17, 15) is 9.90 Å². The van der Waals surface area contributed by atoms with E-state index in [1.54, 1.807) is 24.5 Å². The molecule has 0 unspecified atom stereocenters. The molecule has 6 heteroatoms. The molecule has 2 aromatic carbocycles. The molecule has 3 aromatic rings. The topological polar surface area (TPSA) is 80.7 Å². The summed E-state index contributed by atoms with van der Waals surface area (Å²) in [5, 5.41) is 12.0. The molecule has 0 spiro atoms. The Morgan fingerprint density at radius 3 is 2.55 bits per heavy atom.